The molecule has 234 valence electrons. The van der Waals surface area contributed by atoms with Gasteiger partial charge in [-0.1, -0.05) is 0 Å². The molecule has 2 saturated heterocycles. The summed E-state index contributed by atoms with van der Waals surface area (Å²) < 4.78 is 60.4. The first-order valence-corrected chi connectivity index (χ1v) is 16.8. The lowest BCUT2D eigenvalue weighted by molar-refractivity contribution is -0.114. The van der Waals surface area contributed by atoms with Crippen LogP contribution in [0, 0.1) is 6.57 Å². The third-order valence-corrected chi connectivity index (χ3v) is 10.6. The summed E-state index contributed by atoms with van der Waals surface area (Å²) in [6, 6.07) is 1.34. The molecule has 0 aliphatic carbocycles. The first-order valence-electron chi connectivity index (χ1n) is 14.1. The summed E-state index contributed by atoms with van der Waals surface area (Å²) in [5, 5.41) is 2.45. The monoisotopic (exact) mass is 647 g/mol. The topological polar surface area (TPSA) is 146 Å². The summed E-state index contributed by atoms with van der Waals surface area (Å²) >= 11 is 5.58. The quantitative estimate of drug-likeness (QED) is 0.226. The highest BCUT2D eigenvalue weighted by atomic mass is 32.2. The fraction of sp³-hybridized carbons (Fsp3) is 0.720. The molecule has 3 heterocycles. The van der Waals surface area contributed by atoms with Gasteiger partial charge in [-0.3, -0.25) is 14.2 Å². The molecule has 1 N–H and O–H groups in total. The zero-order chi connectivity index (χ0) is 32.1. The van der Waals surface area contributed by atoms with Gasteiger partial charge in [-0.15, -0.1) is 0 Å². The molecule has 14 nitrogen and oxygen atoms in total. The number of nitrogens with one attached hydrogen (secondary N) is 1. The van der Waals surface area contributed by atoms with Crippen LogP contribution >= 0.6 is 20.7 Å². The summed E-state index contributed by atoms with van der Waals surface area (Å²) in [6.07, 6.45) is -3.58. The van der Waals surface area contributed by atoms with Crippen LogP contribution in [0.3, 0.4) is 0 Å². The fourth-order valence-corrected chi connectivity index (χ4v) is 7.78. The number of hydrogen-bond donors (Lipinski definition) is 1. The number of nitrogens with zero attached hydrogens (tertiary/aromatic N) is 5. The maximum atomic E-state index is 13.1. The average molecular weight is 648 g/mol. The van der Waals surface area contributed by atoms with Gasteiger partial charge in [-0.25, -0.2) is 29.0 Å². The lowest BCUT2D eigenvalue weighted by Gasteiger charge is -2.38. The van der Waals surface area contributed by atoms with Gasteiger partial charge in [0, 0.05) is 46.6 Å². The molecule has 3 rings (SSSR count). The highest BCUT2D eigenvalue weighted by Crippen LogP contribution is 2.51. The Morgan fingerprint density at radius 3 is 2.45 bits per heavy atom. The van der Waals surface area contributed by atoms with Crippen LogP contribution in [0.1, 0.15) is 56.0 Å². The van der Waals surface area contributed by atoms with Gasteiger partial charge in [0.25, 0.3) is 13.7 Å². The van der Waals surface area contributed by atoms with Crippen LogP contribution in [0.25, 0.3) is 4.85 Å². The number of aromatic nitrogens is 2. The smallest absolute Gasteiger partial charge is 0.351 e. The normalized spacial score (nSPS) is 25.6. The standard InChI is InChI=1S/C25H39N6O8PS2/c1-15(2)31(16(3)4)40(38-19(7)26-8)39-21-17(5)36-23(30-10-9-20(27-18(6)32)28-24(30)33)22(21)37-25(41)29-11-13-42(34,35)14-12-29/h9-10,15-17,19,21-23H,11-14H2,1-7H3,(H,27,28,32,33)/t17-,19?,21?,22+,23-,40?/m1/s1/i5D. The molecule has 2 aliphatic heterocycles. The van der Waals surface area contributed by atoms with Gasteiger partial charge < -0.3 is 24.2 Å². The number of rotatable bonds is 10. The highest BCUT2D eigenvalue weighted by Gasteiger charge is 2.50. The minimum absolute atomic E-state index is 0.00653. The van der Waals surface area contributed by atoms with E-state index in [1.807, 2.05) is 32.4 Å². The molecule has 0 saturated carbocycles. The van der Waals surface area contributed by atoms with E-state index in [0.717, 1.165) is 0 Å². The lowest BCUT2D eigenvalue weighted by Crippen LogP contribution is -2.48. The zero-order valence-electron chi connectivity index (χ0n) is 25.5. The number of sulfone groups is 1. The lowest BCUT2D eigenvalue weighted by atomic mass is 10.1. The van der Waals surface area contributed by atoms with Gasteiger partial charge in [0.1, 0.15) is 11.9 Å². The highest BCUT2D eigenvalue weighted by molar-refractivity contribution is 7.91. The Balaban J connectivity index is 2.03. The van der Waals surface area contributed by atoms with Crippen molar-refractivity contribution in [2.75, 3.05) is 29.9 Å². The third kappa shape index (κ3) is 8.66. The summed E-state index contributed by atoms with van der Waals surface area (Å²) in [5.41, 5.74) is -0.754. The van der Waals surface area contributed by atoms with Gasteiger partial charge in [-0.05, 0) is 52.9 Å². The number of carbonyl (C=O) groups is 1. The first kappa shape index (κ1) is 32.7. The molecule has 2 aliphatic rings. The average Bonchev–Trinajstić information content (AvgIpc) is 3.24. The van der Waals surface area contributed by atoms with Crippen LogP contribution in [0.15, 0.2) is 17.1 Å². The number of hydrogen-bond acceptors (Lipinski definition) is 11. The van der Waals surface area contributed by atoms with E-state index in [9.17, 15) is 18.0 Å². The van der Waals surface area contributed by atoms with E-state index in [-0.39, 0.29) is 54.6 Å². The molecule has 0 spiro atoms. The van der Waals surface area contributed by atoms with Crippen LogP contribution in [-0.4, -0.2) is 99.8 Å². The van der Waals surface area contributed by atoms with Crippen LogP contribution in [0.5, 0.6) is 0 Å². The summed E-state index contributed by atoms with van der Waals surface area (Å²) in [5.74, 6) is -0.527. The van der Waals surface area contributed by atoms with Gasteiger partial charge >= 0.3 is 11.9 Å². The maximum absolute atomic E-state index is 13.1. The van der Waals surface area contributed by atoms with Crippen LogP contribution in [0.2, 0.25) is 0 Å². The van der Waals surface area contributed by atoms with E-state index in [2.05, 4.69) is 15.1 Å². The predicted octanol–water partition coefficient (Wildman–Crippen LogP) is 2.53. The predicted molar refractivity (Wildman–Crippen MR) is 161 cm³/mol. The Labute approximate surface area is 254 Å². The van der Waals surface area contributed by atoms with Crippen molar-refractivity contribution in [1.29, 1.82) is 0 Å². The molecule has 2 fully saturated rings. The number of thiocarbonyl (C=S) groups is 1. The molecular formula is C25H39N6O8PS2. The molecule has 1 amide bonds. The van der Waals surface area contributed by atoms with Crippen molar-refractivity contribution in [1.82, 2.24) is 19.1 Å². The summed E-state index contributed by atoms with van der Waals surface area (Å²) in [7, 11) is -5.08. The van der Waals surface area contributed by atoms with Crippen LogP contribution in [0.4, 0.5) is 5.82 Å². The van der Waals surface area contributed by atoms with Crippen molar-refractivity contribution >= 4 is 47.5 Å². The number of anilines is 1. The molecule has 1 aromatic rings. The molecule has 6 atom stereocenters. The van der Waals surface area contributed by atoms with Gasteiger partial charge in [0.05, 0.1) is 17.6 Å². The second kappa shape index (κ2) is 14.5. The van der Waals surface area contributed by atoms with E-state index >= 15 is 0 Å². The van der Waals surface area contributed by atoms with Crippen molar-refractivity contribution in [2.45, 2.75) is 91.3 Å². The second-order valence-electron chi connectivity index (χ2n) is 10.4. The minimum atomic E-state index is -3.19. The zero-order valence-corrected chi connectivity index (χ0v) is 27.0. The van der Waals surface area contributed by atoms with E-state index in [0.29, 0.717) is 0 Å². The van der Waals surface area contributed by atoms with Crippen LogP contribution in [-0.2, 0) is 33.2 Å². The Morgan fingerprint density at radius 2 is 1.93 bits per heavy atom. The number of carbonyl (C=O) groups excluding carboxylic acids is 1. The van der Waals surface area contributed by atoms with Gasteiger partial charge in [-0.2, -0.15) is 4.98 Å². The van der Waals surface area contributed by atoms with Crippen molar-refractivity contribution in [2.24, 2.45) is 0 Å². The largest absolute Gasteiger partial charge is 0.460 e. The number of ether oxygens (including phenoxy) is 2. The van der Waals surface area contributed by atoms with Crippen molar-refractivity contribution in [3.05, 3.63) is 34.2 Å². The molecule has 3 unspecified atom stereocenters. The van der Waals surface area contributed by atoms with E-state index in [1.165, 1.54) is 23.8 Å². The molecule has 0 bridgehead atoms. The summed E-state index contributed by atoms with van der Waals surface area (Å²) in [6.45, 7) is 18.2. The van der Waals surface area contributed by atoms with Crippen molar-refractivity contribution < 1.29 is 33.1 Å². The molecule has 42 heavy (non-hydrogen) atoms. The molecule has 1 aromatic heterocycles. The first-order chi connectivity index (χ1) is 20.2. The molecule has 17 heteroatoms. The number of amides is 1. The van der Waals surface area contributed by atoms with Gasteiger partial charge in [0.2, 0.25) is 5.91 Å². The summed E-state index contributed by atoms with van der Waals surface area (Å²) in [4.78, 5) is 33.6. The third-order valence-electron chi connectivity index (χ3n) is 6.42. The second-order valence-corrected chi connectivity index (χ2v) is 14.5. The van der Waals surface area contributed by atoms with Crippen molar-refractivity contribution in [3.8, 4) is 0 Å². The maximum Gasteiger partial charge on any atom is 0.351 e. The Hall–Kier alpha value is -2.25. The SMILES string of the molecule is [2H]C[C@H]1O[C@@H](n2ccc(NC(C)=O)nc2=O)[C@@H](OC(=S)N2CCS(=O)(=O)CC2)C1OP(OC(C)[N+]#[C-])N(C(C)C)C(C)C. The Bertz CT molecular complexity index is 1340. The van der Waals surface area contributed by atoms with Crippen LogP contribution < -0.4 is 11.0 Å². The van der Waals surface area contributed by atoms with E-state index in [1.54, 1.807) is 11.8 Å². The molecule has 0 radical (unpaired) electrons. The minimum Gasteiger partial charge on any atom is -0.460 e. The van der Waals surface area contributed by atoms with Crippen molar-refractivity contribution in [3.63, 3.8) is 0 Å². The van der Waals surface area contributed by atoms with E-state index in [4.69, 9.17) is 38.7 Å². The van der Waals surface area contributed by atoms with Gasteiger partial charge in [0.15, 0.2) is 22.2 Å². The molecule has 0 aromatic carbocycles. The Kier molecular flexibility index (Phi) is 11.3. The Morgan fingerprint density at radius 1 is 1.29 bits per heavy atom. The van der Waals surface area contributed by atoms with E-state index < -0.39 is 60.7 Å². The fourth-order valence-electron chi connectivity index (χ4n) is 4.49. The molecular weight excluding hydrogens is 607 g/mol.